The molecule has 1 amide bonds. The number of amides is 1. The molecule has 0 fully saturated rings. The van der Waals surface area contributed by atoms with Crippen molar-refractivity contribution in [2.75, 3.05) is 13.2 Å². The molecule has 0 saturated carbocycles. The molecule has 0 bridgehead atoms. The zero-order valence-electron chi connectivity index (χ0n) is 16.2. The van der Waals surface area contributed by atoms with Gasteiger partial charge in [0.05, 0.1) is 19.3 Å². The Hall–Kier alpha value is -2.95. The Kier molecular flexibility index (Phi) is 5.69. The summed E-state index contributed by atoms with van der Waals surface area (Å²) < 4.78 is 17.0. The summed E-state index contributed by atoms with van der Waals surface area (Å²) in [5.74, 6) is 1.50. The minimum Gasteiger partial charge on any atom is -0.490 e. The van der Waals surface area contributed by atoms with Gasteiger partial charge in [-0.25, -0.2) is 0 Å². The zero-order chi connectivity index (χ0) is 19.4. The zero-order valence-corrected chi connectivity index (χ0v) is 16.2. The second-order valence-electron chi connectivity index (χ2n) is 6.32. The lowest BCUT2D eigenvalue weighted by molar-refractivity contribution is 0.0913. The molecule has 0 saturated heterocycles. The van der Waals surface area contributed by atoms with Crippen molar-refractivity contribution in [3.05, 3.63) is 59.4 Å². The van der Waals surface area contributed by atoms with Gasteiger partial charge in [0, 0.05) is 10.9 Å². The number of benzene rings is 2. The van der Waals surface area contributed by atoms with Crippen molar-refractivity contribution in [1.82, 2.24) is 5.32 Å². The molecule has 0 aliphatic heterocycles. The number of para-hydroxylation sites is 1. The van der Waals surface area contributed by atoms with Gasteiger partial charge in [0.2, 0.25) is 0 Å². The fourth-order valence-corrected chi connectivity index (χ4v) is 3.07. The summed E-state index contributed by atoms with van der Waals surface area (Å²) in [5, 5.41) is 3.96. The summed E-state index contributed by atoms with van der Waals surface area (Å²) >= 11 is 0. The third-order valence-corrected chi connectivity index (χ3v) is 4.46. The van der Waals surface area contributed by atoms with Gasteiger partial charge in [0.15, 0.2) is 17.3 Å². The molecule has 3 rings (SSSR count). The van der Waals surface area contributed by atoms with Gasteiger partial charge in [-0.2, -0.15) is 0 Å². The highest BCUT2D eigenvalue weighted by molar-refractivity contribution is 5.99. The molecule has 27 heavy (non-hydrogen) atoms. The SMILES string of the molecule is CCOc1ccc([C@H](C)NC(=O)c2oc3ccccc3c2C)cc1OCC. The Morgan fingerprint density at radius 1 is 1.07 bits per heavy atom. The number of hydrogen-bond acceptors (Lipinski definition) is 4. The van der Waals surface area contributed by atoms with Gasteiger partial charge in [-0.1, -0.05) is 24.3 Å². The van der Waals surface area contributed by atoms with Gasteiger partial charge < -0.3 is 19.2 Å². The van der Waals surface area contributed by atoms with E-state index in [0.29, 0.717) is 36.1 Å². The van der Waals surface area contributed by atoms with Crippen LogP contribution < -0.4 is 14.8 Å². The van der Waals surface area contributed by atoms with E-state index >= 15 is 0 Å². The lowest BCUT2D eigenvalue weighted by Gasteiger charge is -2.17. The van der Waals surface area contributed by atoms with E-state index in [1.54, 1.807) is 0 Å². The summed E-state index contributed by atoms with van der Waals surface area (Å²) in [7, 11) is 0. The van der Waals surface area contributed by atoms with Gasteiger partial charge >= 0.3 is 0 Å². The molecule has 1 N–H and O–H groups in total. The quantitative estimate of drug-likeness (QED) is 0.636. The normalized spacial score (nSPS) is 12.0. The summed E-state index contributed by atoms with van der Waals surface area (Å²) in [5.41, 5.74) is 2.49. The number of ether oxygens (including phenoxy) is 2. The smallest absolute Gasteiger partial charge is 0.287 e. The van der Waals surface area contributed by atoms with Crippen LogP contribution in [0.15, 0.2) is 46.9 Å². The van der Waals surface area contributed by atoms with E-state index in [0.717, 1.165) is 16.5 Å². The molecule has 1 atom stereocenters. The van der Waals surface area contributed by atoms with E-state index in [9.17, 15) is 4.79 Å². The highest BCUT2D eigenvalue weighted by Crippen LogP contribution is 2.31. The molecule has 0 radical (unpaired) electrons. The van der Waals surface area contributed by atoms with Crippen LogP contribution >= 0.6 is 0 Å². The molecular formula is C22H25NO4. The first kappa shape index (κ1) is 18.8. The summed E-state index contributed by atoms with van der Waals surface area (Å²) in [6, 6.07) is 13.2. The predicted octanol–water partition coefficient (Wildman–Crippen LogP) is 5.03. The number of rotatable bonds is 7. The Morgan fingerprint density at radius 2 is 1.78 bits per heavy atom. The van der Waals surface area contributed by atoms with E-state index in [1.807, 2.05) is 70.2 Å². The van der Waals surface area contributed by atoms with Crippen LogP contribution in [-0.2, 0) is 0 Å². The van der Waals surface area contributed by atoms with E-state index in [4.69, 9.17) is 13.9 Å². The molecule has 3 aromatic rings. The first-order valence-corrected chi connectivity index (χ1v) is 9.23. The van der Waals surface area contributed by atoms with Crippen molar-refractivity contribution >= 4 is 16.9 Å². The molecular weight excluding hydrogens is 342 g/mol. The maximum absolute atomic E-state index is 12.7. The number of hydrogen-bond donors (Lipinski definition) is 1. The van der Waals surface area contributed by atoms with E-state index in [2.05, 4.69) is 5.32 Å². The van der Waals surface area contributed by atoms with Crippen LogP contribution in [0.5, 0.6) is 11.5 Å². The second kappa shape index (κ2) is 8.16. The van der Waals surface area contributed by atoms with Crippen LogP contribution in [0.3, 0.4) is 0 Å². The fraction of sp³-hybridized carbons (Fsp3) is 0.318. The average molecular weight is 367 g/mol. The molecule has 1 heterocycles. The van der Waals surface area contributed by atoms with Crippen LogP contribution in [0.4, 0.5) is 0 Å². The highest BCUT2D eigenvalue weighted by atomic mass is 16.5. The van der Waals surface area contributed by atoms with Gasteiger partial charge in [0.1, 0.15) is 5.58 Å². The Bertz CT molecular complexity index is 945. The van der Waals surface area contributed by atoms with Crippen molar-refractivity contribution in [2.24, 2.45) is 0 Å². The number of fused-ring (bicyclic) bond motifs is 1. The third-order valence-electron chi connectivity index (χ3n) is 4.46. The molecule has 2 aromatic carbocycles. The average Bonchev–Trinajstić information content (AvgIpc) is 3.00. The molecule has 1 aromatic heterocycles. The van der Waals surface area contributed by atoms with Crippen LogP contribution in [0.1, 0.15) is 48.5 Å². The van der Waals surface area contributed by atoms with Crippen molar-refractivity contribution < 1.29 is 18.7 Å². The summed E-state index contributed by atoms with van der Waals surface area (Å²) in [6.07, 6.45) is 0. The highest BCUT2D eigenvalue weighted by Gasteiger charge is 2.20. The topological polar surface area (TPSA) is 60.7 Å². The maximum atomic E-state index is 12.7. The lowest BCUT2D eigenvalue weighted by atomic mass is 10.1. The number of furan rings is 1. The molecule has 5 nitrogen and oxygen atoms in total. The number of aryl methyl sites for hydroxylation is 1. The Balaban J connectivity index is 1.81. The maximum Gasteiger partial charge on any atom is 0.287 e. The molecule has 5 heteroatoms. The minimum absolute atomic E-state index is 0.208. The fourth-order valence-electron chi connectivity index (χ4n) is 3.07. The molecule has 0 aliphatic rings. The van der Waals surface area contributed by atoms with Gasteiger partial charge in [-0.15, -0.1) is 0 Å². The van der Waals surface area contributed by atoms with Gasteiger partial charge in [-0.3, -0.25) is 4.79 Å². The number of carbonyl (C=O) groups excluding carboxylic acids is 1. The van der Waals surface area contributed by atoms with E-state index in [1.165, 1.54) is 0 Å². The molecule has 0 aliphatic carbocycles. The second-order valence-corrected chi connectivity index (χ2v) is 6.32. The van der Waals surface area contributed by atoms with Crippen molar-refractivity contribution in [3.63, 3.8) is 0 Å². The number of carbonyl (C=O) groups is 1. The first-order chi connectivity index (χ1) is 13.0. The first-order valence-electron chi connectivity index (χ1n) is 9.23. The van der Waals surface area contributed by atoms with E-state index in [-0.39, 0.29) is 11.9 Å². The number of nitrogens with one attached hydrogen (secondary N) is 1. The van der Waals surface area contributed by atoms with Crippen LogP contribution in [-0.4, -0.2) is 19.1 Å². The Labute approximate surface area is 159 Å². The van der Waals surface area contributed by atoms with Gasteiger partial charge in [0.25, 0.3) is 5.91 Å². The standard InChI is InChI=1S/C22H25NO4/c1-5-25-19-12-11-16(13-20(19)26-6-2)15(4)23-22(24)21-14(3)17-9-7-8-10-18(17)27-21/h7-13,15H,5-6H2,1-4H3,(H,23,24)/t15-/m0/s1. The molecule has 0 spiro atoms. The largest absolute Gasteiger partial charge is 0.490 e. The van der Waals surface area contributed by atoms with Crippen LogP contribution in [0.2, 0.25) is 0 Å². The van der Waals surface area contributed by atoms with Crippen molar-refractivity contribution in [2.45, 2.75) is 33.7 Å². The summed E-state index contributed by atoms with van der Waals surface area (Å²) in [6.45, 7) is 8.80. The van der Waals surface area contributed by atoms with Crippen molar-refractivity contribution in [3.8, 4) is 11.5 Å². The minimum atomic E-state index is -0.233. The van der Waals surface area contributed by atoms with E-state index < -0.39 is 0 Å². The molecule has 142 valence electrons. The third kappa shape index (κ3) is 3.92. The van der Waals surface area contributed by atoms with Crippen LogP contribution in [0, 0.1) is 6.92 Å². The monoisotopic (exact) mass is 367 g/mol. The Morgan fingerprint density at radius 3 is 2.48 bits per heavy atom. The van der Waals surface area contributed by atoms with Crippen molar-refractivity contribution in [1.29, 1.82) is 0 Å². The summed E-state index contributed by atoms with van der Waals surface area (Å²) in [4.78, 5) is 12.7. The lowest BCUT2D eigenvalue weighted by Crippen LogP contribution is -2.26. The van der Waals surface area contributed by atoms with Gasteiger partial charge in [-0.05, 0) is 51.5 Å². The predicted molar refractivity (Wildman–Crippen MR) is 106 cm³/mol. The van der Waals surface area contributed by atoms with Crippen LogP contribution in [0.25, 0.3) is 11.0 Å². The molecule has 0 unspecified atom stereocenters.